The second-order valence-electron chi connectivity index (χ2n) is 9.32. The fourth-order valence-electron chi connectivity index (χ4n) is 4.90. The van der Waals surface area contributed by atoms with Gasteiger partial charge in [-0.3, -0.25) is 9.78 Å². The zero-order valence-corrected chi connectivity index (χ0v) is 21.6. The van der Waals surface area contributed by atoms with E-state index in [0.29, 0.717) is 28.1 Å². The van der Waals surface area contributed by atoms with E-state index in [4.69, 9.17) is 19.8 Å². The highest BCUT2D eigenvalue weighted by molar-refractivity contribution is 5.97. The SMILES string of the molecule is [2H]C([2H])(O)[C@@H]1C[C@H](N)CN1c1cc(-c2cnccc2[N+]#[C-])ccc1CC(=O)c1ccnc(-c2c(F)cccc2OC)n1. The quantitative estimate of drug-likeness (QED) is 0.252. The molecule has 2 aromatic heterocycles. The topological polar surface area (TPSA) is 119 Å². The lowest BCUT2D eigenvalue weighted by atomic mass is 9.98. The molecule has 10 heteroatoms. The van der Waals surface area contributed by atoms with Gasteiger partial charge in [0.2, 0.25) is 0 Å². The molecule has 2 aromatic carbocycles. The van der Waals surface area contributed by atoms with Crippen molar-refractivity contribution in [2.75, 3.05) is 25.1 Å². The first-order valence-electron chi connectivity index (χ1n) is 13.5. The molecule has 1 aliphatic rings. The number of ether oxygens (including phenoxy) is 1. The number of carbonyl (C=O) groups excluding carboxylic acids is 1. The molecule has 4 aromatic rings. The number of hydrogen-bond acceptors (Lipinski definition) is 8. The number of benzene rings is 2. The highest BCUT2D eigenvalue weighted by Gasteiger charge is 2.31. The minimum atomic E-state index is -2.57. The van der Waals surface area contributed by atoms with Gasteiger partial charge in [0.15, 0.2) is 17.3 Å². The Morgan fingerprint density at radius 1 is 1.30 bits per heavy atom. The van der Waals surface area contributed by atoms with Crippen molar-refractivity contribution in [3.63, 3.8) is 0 Å². The number of aliphatic hydroxyl groups is 1. The summed E-state index contributed by atoms with van der Waals surface area (Å²) in [4.78, 5) is 31.4. The molecule has 3 heterocycles. The smallest absolute Gasteiger partial charge is 0.197 e. The number of rotatable bonds is 8. The van der Waals surface area contributed by atoms with Crippen LogP contribution in [0.15, 0.2) is 67.1 Å². The largest absolute Gasteiger partial charge is 0.496 e. The van der Waals surface area contributed by atoms with E-state index < -0.39 is 30.2 Å². The summed E-state index contributed by atoms with van der Waals surface area (Å²) in [5.74, 6) is -0.769. The molecule has 0 radical (unpaired) electrons. The summed E-state index contributed by atoms with van der Waals surface area (Å²) in [5.41, 5.74) is 8.88. The van der Waals surface area contributed by atoms with Gasteiger partial charge in [0.25, 0.3) is 0 Å². The summed E-state index contributed by atoms with van der Waals surface area (Å²) < 4.78 is 36.0. The number of nitrogens with two attached hydrogens (primary N) is 1. The molecule has 2 atom stereocenters. The fourth-order valence-corrected chi connectivity index (χ4v) is 4.90. The minimum Gasteiger partial charge on any atom is -0.496 e. The Morgan fingerprint density at radius 2 is 2.15 bits per heavy atom. The van der Waals surface area contributed by atoms with Crippen molar-refractivity contribution in [2.45, 2.75) is 24.9 Å². The highest BCUT2D eigenvalue weighted by Crippen LogP contribution is 2.36. The zero-order valence-electron chi connectivity index (χ0n) is 23.6. The van der Waals surface area contributed by atoms with E-state index in [1.807, 2.05) is 0 Å². The summed E-state index contributed by atoms with van der Waals surface area (Å²) >= 11 is 0. The third kappa shape index (κ3) is 5.25. The normalized spacial score (nSPS) is 17.6. The van der Waals surface area contributed by atoms with Crippen molar-refractivity contribution in [1.82, 2.24) is 15.0 Å². The lowest BCUT2D eigenvalue weighted by Crippen LogP contribution is -2.33. The zero-order chi connectivity index (χ0) is 30.0. The standard InChI is InChI=1S/C30H27FN6O3/c1-33-24-8-10-34-15-22(24)18-6-7-19(26(12-18)37-16-20(32)14-21(37)17-38)13-27(39)25-9-11-35-30(36-25)29-23(31)4-3-5-28(29)40-2/h3-12,15,20-21,38H,13-14,16-17,32H2,2H3/t20-,21-/m0/s1/i17D2. The number of methoxy groups -OCH3 is 1. The highest BCUT2D eigenvalue weighted by atomic mass is 19.1. The Morgan fingerprint density at radius 3 is 2.92 bits per heavy atom. The summed E-state index contributed by atoms with van der Waals surface area (Å²) in [6.45, 7) is 5.21. The van der Waals surface area contributed by atoms with Gasteiger partial charge in [-0.25, -0.2) is 19.2 Å². The number of hydrogen-bond donors (Lipinski definition) is 2. The summed E-state index contributed by atoms with van der Waals surface area (Å²) in [5, 5.41) is 10.4. The van der Waals surface area contributed by atoms with Gasteiger partial charge >= 0.3 is 0 Å². The van der Waals surface area contributed by atoms with Crippen LogP contribution in [0, 0.1) is 12.4 Å². The van der Waals surface area contributed by atoms with Crippen molar-refractivity contribution in [3.05, 3.63) is 95.6 Å². The van der Waals surface area contributed by atoms with Crippen LogP contribution in [-0.4, -0.2) is 58.1 Å². The Bertz CT molecular complexity index is 1690. The maximum absolute atomic E-state index is 14.7. The number of halogens is 1. The molecule has 0 saturated carbocycles. The monoisotopic (exact) mass is 540 g/mol. The van der Waals surface area contributed by atoms with Gasteiger partial charge in [0.1, 0.15) is 17.3 Å². The molecule has 9 nitrogen and oxygen atoms in total. The molecule has 0 spiro atoms. The van der Waals surface area contributed by atoms with Crippen LogP contribution in [0.25, 0.3) is 27.4 Å². The van der Waals surface area contributed by atoms with Gasteiger partial charge < -0.3 is 20.5 Å². The molecule has 1 aliphatic heterocycles. The van der Waals surface area contributed by atoms with Gasteiger partial charge in [-0.1, -0.05) is 18.2 Å². The first kappa shape index (κ1) is 24.3. The van der Waals surface area contributed by atoms with Crippen LogP contribution in [0.1, 0.15) is 25.2 Å². The van der Waals surface area contributed by atoms with Gasteiger partial charge in [-0.2, -0.15) is 0 Å². The van der Waals surface area contributed by atoms with E-state index >= 15 is 0 Å². The number of aromatic nitrogens is 3. The maximum Gasteiger partial charge on any atom is 0.197 e. The van der Waals surface area contributed by atoms with E-state index in [-0.39, 0.29) is 42.2 Å². The summed E-state index contributed by atoms with van der Waals surface area (Å²) in [6.07, 6.45) is 4.51. The van der Waals surface area contributed by atoms with Crippen molar-refractivity contribution < 1.29 is 21.8 Å². The van der Waals surface area contributed by atoms with Crippen LogP contribution in [0.5, 0.6) is 5.75 Å². The third-order valence-electron chi connectivity index (χ3n) is 6.82. The van der Waals surface area contributed by atoms with Gasteiger partial charge in [0, 0.05) is 48.8 Å². The first-order valence-corrected chi connectivity index (χ1v) is 12.5. The fraction of sp³-hybridized carbons (Fsp3) is 0.233. The van der Waals surface area contributed by atoms with E-state index in [2.05, 4.69) is 19.8 Å². The second-order valence-corrected chi connectivity index (χ2v) is 9.32. The molecule has 0 unspecified atom stereocenters. The molecular weight excluding hydrogens is 511 g/mol. The minimum absolute atomic E-state index is 0.00585. The number of carbonyl (C=O) groups is 1. The predicted molar refractivity (Wildman–Crippen MR) is 149 cm³/mol. The molecular formula is C30H27FN6O3. The van der Waals surface area contributed by atoms with E-state index in [0.717, 1.165) is 0 Å². The molecule has 0 aliphatic carbocycles. The van der Waals surface area contributed by atoms with Crippen LogP contribution < -0.4 is 15.4 Å². The molecule has 202 valence electrons. The number of nitrogens with zero attached hydrogens (tertiary/aromatic N) is 5. The number of ketones is 1. The average Bonchev–Trinajstić information content (AvgIpc) is 3.39. The van der Waals surface area contributed by atoms with Crippen LogP contribution in [0.3, 0.4) is 0 Å². The van der Waals surface area contributed by atoms with Crippen molar-refractivity contribution >= 4 is 17.2 Å². The Balaban J connectivity index is 1.56. The number of anilines is 1. The molecule has 40 heavy (non-hydrogen) atoms. The second kappa shape index (κ2) is 11.6. The van der Waals surface area contributed by atoms with Gasteiger partial charge in [-0.05, 0) is 47.9 Å². The van der Waals surface area contributed by atoms with E-state index in [9.17, 15) is 14.3 Å². The van der Waals surface area contributed by atoms with E-state index in [1.54, 1.807) is 41.4 Å². The molecule has 0 bridgehead atoms. The van der Waals surface area contributed by atoms with Gasteiger partial charge in [0.05, 0.1) is 34.6 Å². The van der Waals surface area contributed by atoms with Crippen LogP contribution in [0.4, 0.5) is 15.8 Å². The lowest BCUT2D eigenvalue weighted by molar-refractivity contribution is 0.0988. The summed E-state index contributed by atoms with van der Waals surface area (Å²) in [7, 11) is 1.40. The Hall–Kier alpha value is -4.72. The third-order valence-corrected chi connectivity index (χ3v) is 6.82. The maximum atomic E-state index is 14.7. The summed E-state index contributed by atoms with van der Waals surface area (Å²) in [6, 6.07) is 11.2. The number of pyridine rings is 1. The van der Waals surface area contributed by atoms with Crippen molar-refractivity contribution in [3.8, 4) is 28.3 Å². The van der Waals surface area contributed by atoms with Crippen LogP contribution >= 0.6 is 0 Å². The van der Waals surface area contributed by atoms with Crippen molar-refractivity contribution in [1.29, 1.82) is 0 Å². The van der Waals surface area contributed by atoms with Crippen LogP contribution in [-0.2, 0) is 6.42 Å². The molecule has 1 saturated heterocycles. The van der Waals surface area contributed by atoms with Gasteiger partial charge in [-0.15, -0.1) is 0 Å². The average molecular weight is 541 g/mol. The molecule has 1 fully saturated rings. The predicted octanol–water partition coefficient (Wildman–Crippen LogP) is 4.23. The van der Waals surface area contributed by atoms with E-state index in [1.165, 1.54) is 37.7 Å². The lowest BCUT2D eigenvalue weighted by Gasteiger charge is -2.28. The molecule has 0 amide bonds. The molecule has 5 rings (SSSR count). The van der Waals surface area contributed by atoms with Crippen LogP contribution in [0.2, 0.25) is 0 Å². The first-order chi connectivity index (χ1) is 20.1. The molecule has 3 N–H and O–H groups in total. The Kier molecular flexibility index (Phi) is 7.04. The number of Topliss-reactive ketones (excluding diaryl/α,β-unsaturated/α-hetero) is 1. The van der Waals surface area contributed by atoms with Crippen molar-refractivity contribution in [2.24, 2.45) is 5.73 Å². The Labute approximate surface area is 233 Å².